The third kappa shape index (κ3) is 3.31. The van der Waals surface area contributed by atoms with Gasteiger partial charge in [0.05, 0.1) is 19.8 Å². The highest BCUT2D eigenvalue weighted by Crippen LogP contribution is 2.32. The lowest BCUT2D eigenvalue weighted by molar-refractivity contribution is 0.355. The van der Waals surface area contributed by atoms with Crippen LogP contribution in [0.2, 0.25) is 0 Å². The van der Waals surface area contributed by atoms with E-state index in [4.69, 9.17) is 13.9 Å². The number of methoxy groups -OCH3 is 2. The first-order valence-electron chi connectivity index (χ1n) is 9.38. The minimum atomic E-state index is -0.370. The van der Waals surface area contributed by atoms with E-state index in [2.05, 4.69) is 23.2 Å². The molecular formula is C22H24N2O4. The summed E-state index contributed by atoms with van der Waals surface area (Å²) in [7, 11) is 3.15. The maximum atomic E-state index is 12.7. The monoisotopic (exact) mass is 380 g/mol. The van der Waals surface area contributed by atoms with Gasteiger partial charge in [-0.25, -0.2) is 4.79 Å². The van der Waals surface area contributed by atoms with Gasteiger partial charge in [0, 0.05) is 42.8 Å². The molecule has 1 atom stereocenters. The Morgan fingerprint density at radius 1 is 1.07 bits per heavy atom. The lowest BCUT2D eigenvalue weighted by Gasteiger charge is -2.35. The topological polar surface area (TPSA) is 63.9 Å². The number of rotatable bonds is 4. The van der Waals surface area contributed by atoms with Crippen LogP contribution in [0.5, 0.6) is 11.5 Å². The predicted octanol–water partition coefficient (Wildman–Crippen LogP) is 3.28. The van der Waals surface area contributed by atoms with Crippen molar-refractivity contribution in [1.82, 2.24) is 5.32 Å². The number of fused-ring (bicyclic) bond motifs is 1. The fourth-order valence-corrected chi connectivity index (χ4v) is 3.71. The van der Waals surface area contributed by atoms with E-state index in [1.165, 1.54) is 0 Å². The first-order valence-corrected chi connectivity index (χ1v) is 9.38. The smallest absolute Gasteiger partial charge is 0.344 e. The quantitative estimate of drug-likeness (QED) is 0.701. The molecule has 1 aliphatic heterocycles. The second kappa shape index (κ2) is 7.56. The summed E-state index contributed by atoms with van der Waals surface area (Å²) >= 11 is 0. The largest absolute Gasteiger partial charge is 0.493 e. The Morgan fingerprint density at radius 3 is 2.64 bits per heavy atom. The van der Waals surface area contributed by atoms with E-state index in [1.54, 1.807) is 26.4 Å². The third-order valence-corrected chi connectivity index (χ3v) is 5.25. The van der Waals surface area contributed by atoms with Crippen molar-refractivity contribution in [3.05, 3.63) is 52.9 Å². The Hall–Kier alpha value is -2.99. The van der Waals surface area contributed by atoms with Crippen LogP contribution in [-0.2, 0) is 0 Å². The molecule has 28 heavy (non-hydrogen) atoms. The third-order valence-electron chi connectivity index (χ3n) is 5.25. The van der Waals surface area contributed by atoms with Gasteiger partial charge in [-0.3, -0.25) is 0 Å². The summed E-state index contributed by atoms with van der Waals surface area (Å²) in [5.74, 6) is 1.19. The van der Waals surface area contributed by atoms with Gasteiger partial charge in [-0.15, -0.1) is 0 Å². The van der Waals surface area contributed by atoms with Crippen molar-refractivity contribution >= 4 is 16.7 Å². The van der Waals surface area contributed by atoms with Crippen molar-refractivity contribution in [1.29, 1.82) is 0 Å². The van der Waals surface area contributed by atoms with Crippen molar-refractivity contribution in [2.24, 2.45) is 0 Å². The van der Waals surface area contributed by atoms with Crippen LogP contribution < -0.4 is 25.3 Å². The molecule has 2 heterocycles. The number of benzene rings is 2. The number of ether oxygens (including phenoxy) is 2. The molecule has 0 bridgehead atoms. The highest BCUT2D eigenvalue weighted by atomic mass is 16.5. The summed E-state index contributed by atoms with van der Waals surface area (Å²) < 4.78 is 16.3. The zero-order chi connectivity index (χ0) is 19.7. The molecule has 0 aliphatic carbocycles. The fraction of sp³-hybridized carbons (Fsp3) is 0.318. The molecule has 6 nitrogen and oxygen atoms in total. The number of nitrogens with zero attached hydrogens (tertiary/aromatic N) is 1. The SMILES string of the molecule is COc1ccc(-c2cc3ccc(N4CCNCC4C)cc3oc2=O)cc1OC. The van der Waals surface area contributed by atoms with Crippen molar-refractivity contribution in [2.45, 2.75) is 13.0 Å². The summed E-state index contributed by atoms with van der Waals surface area (Å²) in [6.07, 6.45) is 0. The summed E-state index contributed by atoms with van der Waals surface area (Å²) in [6, 6.07) is 13.7. The minimum absolute atomic E-state index is 0.370. The van der Waals surface area contributed by atoms with Crippen molar-refractivity contribution in [2.75, 3.05) is 38.8 Å². The highest BCUT2D eigenvalue weighted by Gasteiger charge is 2.19. The number of piperazine rings is 1. The second-order valence-electron chi connectivity index (χ2n) is 6.99. The molecule has 1 unspecified atom stereocenters. The lowest BCUT2D eigenvalue weighted by atomic mass is 10.0. The van der Waals surface area contributed by atoms with Gasteiger partial charge >= 0.3 is 5.63 Å². The molecule has 6 heteroatoms. The van der Waals surface area contributed by atoms with Crippen LogP contribution >= 0.6 is 0 Å². The van der Waals surface area contributed by atoms with Gasteiger partial charge in [0.25, 0.3) is 0 Å². The molecule has 1 saturated heterocycles. The maximum Gasteiger partial charge on any atom is 0.344 e. The van der Waals surface area contributed by atoms with Gasteiger partial charge in [0.15, 0.2) is 11.5 Å². The standard InChI is InChI=1S/C22H24N2O4/c1-14-13-23-8-9-24(14)17-6-4-16-10-18(22(25)28-20(16)12-17)15-5-7-19(26-2)21(11-15)27-3/h4-7,10-12,14,23H,8-9,13H2,1-3H3. The van der Waals surface area contributed by atoms with E-state index in [-0.39, 0.29) is 5.63 Å². The Balaban J connectivity index is 1.75. The van der Waals surface area contributed by atoms with E-state index in [9.17, 15) is 4.79 Å². The van der Waals surface area contributed by atoms with E-state index in [1.807, 2.05) is 24.3 Å². The molecule has 0 radical (unpaired) electrons. The van der Waals surface area contributed by atoms with Crippen LogP contribution in [0.4, 0.5) is 5.69 Å². The van der Waals surface area contributed by atoms with Crippen LogP contribution in [0.1, 0.15) is 6.92 Å². The molecule has 1 N–H and O–H groups in total. The number of hydrogen-bond acceptors (Lipinski definition) is 6. The zero-order valence-corrected chi connectivity index (χ0v) is 16.3. The summed E-state index contributed by atoms with van der Waals surface area (Å²) in [5, 5.41) is 4.27. The Labute approximate surface area is 163 Å². The average molecular weight is 380 g/mol. The Morgan fingerprint density at radius 2 is 1.89 bits per heavy atom. The number of anilines is 1. The van der Waals surface area contributed by atoms with E-state index in [0.717, 1.165) is 36.3 Å². The molecular weight excluding hydrogens is 356 g/mol. The molecule has 0 amide bonds. The van der Waals surface area contributed by atoms with Crippen molar-refractivity contribution < 1.29 is 13.9 Å². The van der Waals surface area contributed by atoms with E-state index in [0.29, 0.717) is 28.7 Å². The molecule has 1 fully saturated rings. The van der Waals surface area contributed by atoms with Gasteiger partial charge in [0.1, 0.15) is 5.58 Å². The molecule has 2 aromatic carbocycles. The molecule has 4 rings (SSSR count). The van der Waals surface area contributed by atoms with Crippen LogP contribution in [0.25, 0.3) is 22.1 Å². The zero-order valence-electron chi connectivity index (χ0n) is 16.3. The molecule has 3 aromatic rings. The van der Waals surface area contributed by atoms with E-state index >= 15 is 0 Å². The fourth-order valence-electron chi connectivity index (χ4n) is 3.71. The number of hydrogen-bond donors (Lipinski definition) is 1. The van der Waals surface area contributed by atoms with Gasteiger partial charge in [-0.1, -0.05) is 6.07 Å². The molecule has 0 spiro atoms. The van der Waals surface area contributed by atoms with Gasteiger partial charge in [-0.05, 0) is 42.8 Å². The average Bonchev–Trinajstić information content (AvgIpc) is 2.72. The first-order chi connectivity index (χ1) is 13.6. The van der Waals surface area contributed by atoms with Crippen molar-refractivity contribution in [3.63, 3.8) is 0 Å². The normalized spacial score (nSPS) is 17.0. The first kappa shape index (κ1) is 18.4. The Bertz CT molecular complexity index is 1060. The molecule has 1 aromatic heterocycles. The van der Waals surface area contributed by atoms with Crippen LogP contribution in [0.15, 0.2) is 51.7 Å². The van der Waals surface area contributed by atoms with Crippen molar-refractivity contribution in [3.8, 4) is 22.6 Å². The lowest BCUT2D eigenvalue weighted by Crippen LogP contribution is -2.49. The van der Waals surface area contributed by atoms with Gasteiger partial charge < -0.3 is 24.1 Å². The number of nitrogens with one attached hydrogen (secondary N) is 1. The highest BCUT2D eigenvalue weighted by molar-refractivity contribution is 5.85. The van der Waals surface area contributed by atoms with E-state index < -0.39 is 0 Å². The van der Waals surface area contributed by atoms with Crippen LogP contribution in [0.3, 0.4) is 0 Å². The van der Waals surface area contributed by atoms with Crippen LogP contribution in [0, 0.1) is 0 Å². The van der Waals surface area contributed by atoms with Gasteiger partial charge in [0.2, 0.25) is 0 Å². The molecule has 0 saturated carbocycles. The van der Waals surface area contributed by atoms with Gasteiger partial charge in [-0.2, -0.15) is 0 Å². The summed E-state index contributed by atoms with van der Waals surface area (Å²) in [4.78, 5) is 15.0. The van der Waals surface area contributed by atoms with Crippen LogP contribution in [-0.4, -0.2) is 39.9 Å². The minimum Gasteiger partial charge on any atom is -0.493 e. The Kier molecular flexibility index (Phi) is 4.96. The second-order valence-corrected chi connectivity index (χ2v) is 6.99. The molecule has 146 valence electrons. The summed E-state index contributed by atoms with van der Waals surface area (Å²) in [5.41, 5.74) is 2.52. The predicted molar refractivity (Wildman–Crippen MR) is 111 cm³/mol. The molecule has 1 aliphatic rings. The maximum absolute atomic E-state index is 12.7. The summed E-state index contributed by atoms with van der Waals surface area (Å²) in [6.45, 7) is 5.01.